The van der Waals surface area contributed by atoms with E-state index in [-0.39, 0.29) is 18.8 Å². The van der Waals surface area contributed by atoms with Crippen LogP contribution in [0.25, 0.3) is 0 Å². The molecule has 2 rings (SSSR count). The van der Waals surface area contributed by atoms with Gasteiger partial charge in [0.1, 0.15) is 0 Å². The molecule has 2 N–H and O–H groups in total. The highest BCUT2D eigenvalue weighted by atomic mass is 19.3. The van der Waals surface area contributed by atoms with Crippen molar-refractivity contribution in [3.8, 4) is 0 Å². The van der Waals surface area contributed by atoms with E-state index in [0.717, 1.165) is 19.3 Å². The van der Waals surface area contributed by atoms with Gasteiger partial charge in [-0.15, -0.1) is 0 Å². The lowest BCUT2D eigenvalue weighted by atomic mass is 9.79. The third-order valence-electron chi connectivity index (χ3n) is 4.46. The van der Waals surface area contributed by atoms with Crippen molar-refractivity contribution in [2.45, 2.75) is 63.4 Å². The Morgan fingerprint density at radius 3 is 2.61 bits per heavy atom. The van der Waals surface area contributed by atoms with Crippen LogP contribution in [0.5, 0.6) is 0 Å². The predicted molar refractivity (Wildman–Crippen MR) is 67.7 cm³/mol. The van der Waals surface area contributed by atoms with Crippen LogP contribution in [0.2, 0.25) is 0 Å². The third-order valence-corrected chi connectivity index (χ3v) is 4.46. The van der Waals surface area contributed by atoms with Gasteiger partial charge in [0.15, 0.2) is 0 Å². The van der Waals surface area contributed by atoms with Gasteiger partial charge in [0.05, 0.1) is 5.60 Å². The van der Waals surface area contributed by atoms with E-state index >= 15 is 0 Å². The summed E-state index contributed by atoms with van der Waals surface area (Å²) in [5.41, 5.74) is -0.612. The Morgan fingerprint density at radius 2 is 2.00 bits per heavy atom. The second-order valence-corrected chi connectivity index (χ2v) is 6.52. The van der Waals surface area contributed by atoms with Gasteiger partial charge in [0, 0.05) is 19.4 Å². The zero-order valence-electron chi connectivity index (χ0n) is 11.2. The Balaban J connectivity index is 1.69. The first-order valence-electron chi connectivity index (χ1n) is 7.20. The molecule has 0 spiro atoms. The zero-order valence-corrected chi connectivity index (χ0v) is 11.2. The fourth-order valence-electron chi connectivity index (χ4n) is 3.52. The Hall–Kier alpha value is -0.220. The highest BCUT2D eigenvalue weighted by molar-refractivity contribution is 4.88. The normalized spacial score (nSPS) is 40.0. The van der Waals surface area contributed by atoms with E-state index in [2.05, 4.69) is 12.2 Å². The van der Waals surface area contributed by atoms with Crippen LogP contribution in [-0.2, 0) is 0 Å². The molecule has 0 bridgehead atoms. The monoisotopic (exact) mass is 261 g/mol. The van der Waals surface area contributed by atoms with Gasteiger partial charge in [-0.1, -0.05) is 19.8 Å². The van der Waals surface area contributed by atoms with Crippen molar-refractivity contribution < 1.29 is 13.9 Å². The molecule has 2 nitrogen and oxygen atoms in total. The molecule has 0 aliphatic heterocycles. The highest BCUT2D eigenvalue weighted by Gasteiger charge is 2.39. The van der Waals surface area contributed by atoms with E-state index < -0.39 is 11.5 Å². The van der Waals surface area contributed by atoms with Crippen molar-refractivity contribution in [3.63, 3.8) is 0 Å². The average Bonchev–Trinajstić information content (AvgIpc) is 2.57. The summed E-state index contributed by atoms with van der Waals surface area (Å²) < 4.78 is 26.1. The number of rotatable bonds is 4. The molecule has 2 aliphatic carbocycles. The van der Waals surface area contributed by atoms with Crippen LogP contribution in [0.3, 0.4) is 0 Å². The molecule has 0 aromatic carbocycles. The molecule has 0 heterocycles. The lowest BCUT2D eigenvalue weighted by molar-refractivity contribution is -0.0131. The van der Waals surface area contributed by atoms with Gasteiger partial charge >= 0.3 is 0 Å². The topological polar surface area (TPSA) is 32.3 Å². The quantitative estimate of drug-likeness (QED) is 0.815. The van der Waals surface area contributed by atoms with Crippen LogP contribution < -0.4 is 5.32 Å². The molecule has 2 aliphatic rings. The van der Waals surface area contributed by atoms with E-state index in [9.17, 15) is 13.9 Å². The molecule has 2 saturated carbocycles. The van der Waals surface area contributed by atoms with Crippen LogP contribution in [0.1, 0.15) is 51.9 Å². The maximum Gasteiger partial charge on any atom is 0.248 e. The Labute approximate surface area is 108 Å². The largest absolute Gasteiger partial charge is 0.389 e. The Morgan fingerprint density at radius 1 is 1.22 bits per heavy atom. The number of alkyl halides is 2. The van der Waals surface area contributed by atoms with Crippen molar-refractivity contribution >= 4 is 0 Å². The summed E-state index contributed by atoms with van der Waals surface area (Å²) >= 11 is 0. The van der Waals surface area contributed by atoms with Gasteiger partial charge in [-0.2, -0.15) is 0 Å². The summed E-state index contributed by atoms with van der Waals surface area (Å²) in [7, 11) is 0. The molecule has 3 atom stereocenters. The summed E-state index contributed by atoms with van der Waals surface area (Å²) in [6.45, 7) is 3.34. The first-order valence-corrected chi connectivity index (χ1v) is 7.20. The third kappa shape index (κ3) is 3.89. The summed E-state index contributed by atoms with van der Waals surface area (Å²) in [4.78, 5) is 0. The number of halogens is 2. The standard InChI is InChI=1S/C14H25F2NO/c1-11-3-2-5-13(18,7-11)10-17-9-12-4-6-14(15,16)8-12/h11-12,17-18H,2-10H2,1H3. The van der Waals surface area contributed by atoms with Crippen molar-refractivity contribution in [3.05, 3.63) is 0 Å². The number of hydrogen-bond acceptors (Lipinski definition) is 2. The molecule has 3 unspecified atom stereocenters. The smallest absolute Gasteiger partial charge is 0.248 e. The predicted octanol–water partition coefficient (Wildman–Crippen LogP) is 2.95. The van der Waals surface area contributed by atoms with Gasteiger partial charge in [0.2, 0.25) is 5.92 Å². The average molecular weight is 261 g/mol. The Bertz CT molecular complexity index is 285. The molecule has 0 aromatic heterocycles. The lowest BCUT2D eigenvalue weighted by Crippen LogP contribution is -2.45. The fraction of sp³-hybridized carbons (Fsp3) is 1.00. The zero-order chi connectivity index (χ0) is 13.2. The molecule has 0 aromatic rings. The van der Waals surface area contributed by atoms with Crippen molar-refractivity contribution in [1.82, 2.24) is 5.32 Å². The second-order valence-electron chi connectivity index (χ2n) is 6.52. The molecule has 0 amide bonds. The molecule has 4 heteroatoms. The van der Waals surface area contributed by atoms with Crippen molar-refractivity contribution in [2.24, 2.45) is 11.8 Å². The molecular formula is C14H25F2NO. The molecule has 106 valence electrons. The lowest BCUT2D eigenvalue weighted by Gasteiger charge is -2.36. The minimum atomic E-state index is -2.46. The van der Waals surface area contributed by atoms with Crippen LogP contribution in [0.4, 0.5) is 8.78 Å². The van der Waals surface area contributed by atoms with Gasteiger partial charge in [0.25, 0.3) is 0 Å². The van der Waals surface area contributed by atoms with E-state index in [1.807, 2.05) is 0 Å². The molecule has 18 heavy (non-hydrogen) atoms. The fourth-order valence-corrected chi connectivity index (χ4v) is 3.52. The first kappa shape index (κ1) is 14.2. The van der Waals surface area contributed by atoms with Crippen LogP contribution in [0, 0.1) is 11.8 Å². The van der Waals surface area contributed by atoms with Gasteiger partial charge in [-0.05, 0) is 37.6 Å². The minimum Gasteiger partial charge on any atom is -0.389 e. The van der Waals surface area contributed by atoms with Crippen LogP contribution in [-0.4, -0.2) is 29.7 Å². The molecular weight excluding hydrogens is 236 g/mol. The maximum atomic E-state index is 13.0. The van der Waals surface area contributed by atoms with E-state index in [0.29, 0.717) is 25.4 Å². The summed E-state index contributed by atoms with van der Waals surface area (Å²) in [6, 6.07) is 0. The second kappa shape index (κ2) is 5.41. The van der Waals surface area contributed by atoms with Gasteiger partial charge in [-0.25, -0.2) is 8.78 Å². The van der Waals surface area contributed by atoms with Gasteiger partial charge < -0.3 is 10.4 Å². The van der Waals surface area contributed by atoms with Gasteiger partial charge in [-0.3, -0.25) is 0 Å². The summed E-state index contributed by atoms with van der Waals surface area (Å²) in [5, 5.41) is 13.6. The van der Waals surface area contributed by atoms with Crippen LogP contribution >= 0.6 is 0 Å². The SMILES string of the molecule is CC1CCCC(O)(CNCC2CCC(F)(F)C2)C1. The highest BCUT2D eigenvalue weighted by Crippen LogP contribution is 2.38. The summed E-state index contributed by atoms with van der Waals surface area (Å²) in [5.74, 6) is -1.81. The van der Waals surface area contributed by atoms with Crippen molar-refractivity contribution in [1.29, 1.82) is 0 Å². The van der Waals surface area contributed by atoms with E-state index in [1.165, 1.54) is 6.42 Å². The molecule has 0 radical (unpaired) electrons. The first-order chi connectivity index (χ1) is 8.39. The van der Waals surface area contributed by atoms with E-state index in [4.69, 9.17) is 0 Å². The number of aliphatic hydroxyl groups is 1. The number of nitrogens with one attached hydrogen (secondary N) is 1. The van der Waals surface area contributed by atoms with E-state index in [1.54, 1.807) is 0 Å². The molecule has 2 fully saturated rings. The summed E-state index contributed by atoms with van der Waals surface area (Å²) in [6.07, 6.45) is 4.58. The van der Waals surface area contributed by atoms with Crippen LogP contribution in [0.15, 0.2) is 0 Å². The maximum absolute atomic E-state index is 13.0. The number of hydrogen-bond donors (Lipinski definition) is 2. The molecule has 0 saturated heterocycles. The minimum absolute atomic E-state index is 0.00876. The van der Waals surface area contributed by atoms with Crippen molar-refractivity contribution in [2.75, 3.05) is 13.1 Å². The Kier molecular flexibility index (Phi) is 4.27.